The van der Waals surface area contributed by atoms with E-state index >= 15 is 0 Å². The van der Waals surface area contributed by atoms with Crippen molar-refractivity contribution in [1.82, 2.24) is 0 Å². The van der Waals surface area contributed by atoms with Crippen LogP contribution in [0.4, 0.5) is 0 Å². The van der Waals surface area contributed by atoms with Gasteiger partial charge in [-0.15, -0.1) is 0 Å². The van der Waals surface area contributed by atoms with Gasteiger partial charge in [-0.25, -0.2) is 0 Å². The van der Waals surface area contributed by atoms with Crippen LogP contribution in [0.2, 0.25) is 0 Å². The predicted molar refractivity (Wildman–Crippen MR) is 103 cm³/mol. The van der Waals surface area contributed by atoms with Gasteiger partial charge in [0, 0.05) is 6.42 Å². The molecule has 0 atom stereocenters. The van der Waals surface area contributed by atoms with E-state index in [2.05, 4.69) is 6.92 Å². The summed E-state index contributed by atoms with van der Waals surface area (Å²) in [5, 5.41) is 0. The summed E-state index contributed by atoms with van der Waals surface area (Å²) in [6.07, 6.45) is 18.9. The highest BCUT2D eigenvalue weighted by molar-refractivity contribution is 5.69. The van der Waals surface area contributed by atoms with Crippen LogP contribution < -0.4 is 0 Å². The summed E-state index contributed by atoms with van der Waals surface area (Å²) in [7, 11) is 0. The summed E-state index contributed by atoms with van der Waals surface area (Å²) in [4.78, 5) is 11.5. The number of carbonyl (C=O) groups excluding carboxylic acids is 1. The normalized spacial score (nSPS) is 39.8. The van der Waals surface area contributed by atoms with Gasteiger partial charge in [0.2, 0.25) is 0 Å². The van der Waals surface area contributed by atoms with Crippen LogP contribution in [-0.2, 0) is 9.53 Å². The second-order valence-corrected chi connectivity index (χ2v) is 9.24. The van der Waals surface area contributed by atoms with Crippen LogP contribution in [0.3, 0.4) is 0 Å². The number of ether oxygens (including phenoxy) is 1. The van der Waals surface area contributed by atoms with E-state index in [-0.39, 0.29) is 12.1 Å². The van der Waals surface area contributed by atoms with E-state index in [0.29, 0.717) is 6.42 Å². The standard InChI is InChI=1S/C23H40O2/c1-3-17-5-7-18(8-6-17)19-9-11-20(12-10-19)21-13-15-22(16-14-21)25-23(24)4-2/h17-22H,3-16H2,1-2H3/t17-,18-,19-,20-,21-,22-. The van der Waals surface area contributed by atoms with E-state index in [1.165, 1.54) is 70.6 Å². The molecule has 0 unspecified atom stereocenters. The Balaban J connectivity index is 1.36. The van der Waals surface area contributed by atoms with Gasteiger partial charge in [0.05, 0.1) is 0 Å². The van der Waals surface area contributed by atoms with Gasteiger partial charge in [0.15, 0.2) is 0 Å². The van der Waals surface area contributed by atoms with Crippen molar-refractivity contribution >= 4 is 5.97 Å². The molecule has 0 amide bonds. The quantitative estimate of drug-likeness (QED) is 0.529. The molecule has 0 aromatic heterocycles. The van der Waals surface area contributed by atoms with Crippen molar-refractivity contribution in [2.45, 2.75) is 110 Å². The van der Waals surface area contributed by atoms with Gasteiger partial charge >= 0.3 is 5.97 Å². The largest absolute Gasteiger partial charge is 0.462 e. The summed E-state index contributed by atoms with van der Waals surface area (Å²) in [6, 6.07) is 0. The molecule has 0 heterocycles. The number of rotatable bonds is 5. The van der Waals surface area contributed by atoms with Crippen molar-refractivity contribution < 1.29 is 9.53 Å². The molecule has 2 heteroatoms. The van der Waals surface area contributed by atoms with E-state index in [9.17, 15) is 4.79 Å². The highest BCUT2D eigenvalue weighted by atomic mass is 16.5. The molecule has 0 radical (unpaired) electrons. The second-order valence-electron chi connectivity index (χ2n) is 9.24. The second kappa shape index (κ2) is 9.42. The van der Waals surface area contributed by atoms with Crippen LogP contribution in [0.5, 0.6) is 0 Å². The molecule has 0 aromatic carbocycles. The monoisotopic (exact) mass is 348 g/mol. The third-order valence-corrected chi connectivity index (χ3v) is 7.92. The van der Waals surface area contributed by atoms with Crippen molar-refractivity contribution in [1.29, 1.82) is 0 Å². The summed E-state index contributed by atoms with van der Waals surface area (Å²) < 4.78 is 5.55. The first-order chi connectivity index (χ1) is 12.2. The lowest BCUT2D eigenvalue weighted by Crippen LogP contribution is -2.31. The Morgan fingerprint density at radius 2 is 1.08 bits per heavy atom. The minimum atomic E-state index is -0.0123. The van der Waals surface area contributed by atoms with Crippen molar-refractivity contribution in [3.8, 4) is 0 Å². The Morgan fingerprint density at radius 1 is 0.680 bits per heavy atom. The summed E-state index contributed by atoms with van der Waals surface area (Å²) in [6.45, 7) is 4.26. The molecule has 3 aliphatic rings. The van der Waals surface area contributed by atoms with Crippen LogP contribution in [0, 0.1) is 29.6 Å². The van der Waals surface area contributed by atoms with Gasteiger partial charge in [-0.1, -0.05) is 33.1 Å². The van der Waals surface area contributed by atoms with E-state index in [4.69, 9.17) is 4.74 Å². The molecule has 0 saturated heterocycles. The minimum absolute atomic E-state index is 0.0123. The average Bonchev–Trinajstić information content (AvgIpc) is 2.69. The smallest absolute Gasteiger partial charge is 0.305 e. The number of hydrogen-bond acceptors (Lipinski definition) is 2. The molecule has 144 valence electrons. The lowest BCUT2D eigenvalue weighted by Gasteiger charge is -2.41. The molecule has 0 N–H and O–H groups in total. The maximum absolute atomic E-state index is 11.5. The summed E-state index contributed by atoms with van der Waals surface area (Å²) in [5.41, 5.74) is 0. The maximum Gasteiger partial charge on any atom is 0.305 e. The van der Waals surface area contributed by atoms with Crippen LogP contribution in [0.15, 0.2) is 0 Å². The number of hydrogen-bond donors (Lipinski definition) is 0. The van der Waals surface area contributed by atoms with Gasteiger partial charge in [-0.2, -0.15) is 0 Å². The number of esters is 1. The van der Waals surface area contributed by atoms with Gasteiger partial charge in [0.25, 0.3) is 0 Å². The van der Waals surface area contributed by atoms with Crippen LogP contribution >= 0.6 is 0 Å². The minimum Gasteiger partial charge on any atom is -0.462 e. The lowest BCUT2D eigenvalue weighted by molar-refractivity contribution is -0.150. The molecule has 0 aliphatic heterocycles. The highest BCUT2D eigenvalue weighted by Gasteiger charge is 2.34. The Labute approximate surface area is 155 Å². The summed E-state index contributed by atoms with van der Waals surface area (Å²) >= 11 is 0. The average molecular weight is 349 g/mol. The molecule has 3 saturated carbocycles. The Kier molecular flexibility index (Phi) is 7.25. The Hall–Kier alpha value is -0.530. The maximum atomic E-state index is 11.5. The van der Waals surface area contributed by atoms with Crippen molar-refractivity contribution in [2.24, 2.45) is 29.6 Å². The van der Waals surface area contributed by atoms with E-state index in [1.54, 1.807) is 0 Å². The van der Waals surface area contributed by atoms with Crippen molar-refractivity contribution in [3.05, 3.63) is 0 Å². The van der Waals surface area contributed by atoms with Gasteiger partial charge in [-0.05, 0) is 93.8 Å². The molecule has 0 bridgehead atoms. The fraction of sp³-hybridized carbons (Fsp3) is 0.957. The van der Waals surface area contributed by atoms with Crippen LogP contribution in [-0.4, -0.2) is 12.1 Å². The zero-order chi connectivity index (χ0) is 17.6. The third kappa shape index (κ3) is 5.23. The Bertz CT molecular complexity index is 394. The fourth-order valence-electron chi connectivity index (χ4n) is 6.10. The highest BCUT2D eigenvalue weighted by Crippen LogP contribution is 2.45. The van der Waals surface area contributed by atoms with Crippen molar-refractivity contribution in [3.63, 3.8) is 0 Å². The molecular formula is C23H40O2. The fourth-order valence-corrected chi connectivity index (χ4v) is 6.10. The zero-order valence-electron chi connectivity index (χ0n) is 16.7. The SMILES string of the molecule is CCC(=O)O[C@H]1CC[C@H]([C@H]2CC[C@H]([C@H]3CC[C@H](CC)CC3)CC2)CC1. The van der Waals surface area contributed by atoms with E-state index in [1.807, 2.05) is 6.92 Å². The molecule has 2 nitrogen and oxygen atoms in total. The molecule has 3 rings (SSSR count). The van der Waals surface area contributed by atoms with Gasteiger partial charge in [-0.3, -0.25) is 4.79 Å². The molecule has 25 heavy (non-hydrogen) atoms. The molecule has 3 aliphatic carbocycles. The first-order valence-electron chi connectivity index (χ1n) is 11.4. The topological polar surface area (TPSA) is 26.3 Å². The first-order valence-corrected chi connectivity index (χ1v) is 11.4. The van der Waals surface area contributed by atoms with Crippen LogP contribution in [0.25, 0.3) is 0 Å². The van der Waals surface area contributed by atoms with Gasteiger partial charge in [0.1, 0.15) is 6.10 Å². The molecule has 3 fully saturated rings. The van der Waals surface area contributed by atoms with E-state index in [0.717, 1.165) is 42.4 Å². The zero-order valence-corrected chi connectivity index (χ0v) is 16.7. The van der Waals surface area contributed by atoms with E-state index < -0.39 is 0 Å². The Morgan fingerprint density at radius 3 is 1.48 bits per heavy atom. The molecule has 0 aromatic rings. The van der Waals surface area contributed by atoms with Crippen LogP contribution in [0.1, 0.15) is 104 Å². The molecule has 0 spiro atoms. The first kappa shape index (κ1) is 19.2. The van der Waals surface area contributed by atoms with Gasteiger partial charge < -0.3 is 4.74 Å². The lowest BCUT2D eigenvalue weighted by atomic mass is 9.65. The number of carbonyl (C=O) groups is 1. The third-order valence-electron chi connectivity index (χ3n) is 7.92. The van der Waals surface area contributed by atoms with Crippen molar-refractivity contribution in [2.75, 3.05) is 0 Å². The molecular weight excluding hydrogens is 308 g/mol. The summed E-state index contributed by atoms with van der Waals surface area (Å²) in [5.74, 6) is 4.98. The predicted octanol–water partition coefficient (Wildman–Crippen LogP) is 6.52.